The number of carbonyl (C=O) groups is 1. The number of thiazole rings is 1. The summed E-state index contributed by atoms with van der Waals surface area (Å²) in [6.07, 6.45) is 1.24. The average Bonchev–Trinajstić information content (AvgIpc) is 3.80. The van der Waals surface area contributed by atoms with Crippen LogP contribution in [-0.2, 0) is 30.4 Å². The minimum Gasteiger partial charge on any atom is -0.505 e. The predicted octanol–water partition coefficient (Wildman–Crippen LogP) is 7.69. The number of phenolic OH excluding ortho intramolecular Hbond substituents is 1. The first kappa shape index (κ1) is 43.9. The quantitative estimate of drug-likeness (QED) is 0.0431. The number of aromatic hydroxyl groups is 1. The van der Waals surface area contributed by atoms with Crippen LogP contribution in [0.25, 0.3) is 26.7 Å². The van der Waals surface area contributed by atoms with Crippen LogP contribution in [0.3, 0.4) is 0 Å². The molecule has 5 aromatic carbocycles. The number of azo groups is 3. The number of para-hydroxylation sites is 1. The fourth-order valence-corrected chi connectivity index (χ4v) is 8.39. The minimum absolute atomic E-state index is 0.125. The number of anilines is 1. The van der Waals surface area contributed by atoms with E-state index in [0.29, 0.717) is 11.2 Å². The van der Waals surface area contributed by atoms with E-state index in [1.54, 1.807) is 48.5 Å². The van der Waals surface area contributed by atoms with Gasteiger partial charge in [-0.25, -0.2) is 14.5 Å². The number of rotatable bonds is 13. The van der Waals surface area contributed by atoms with Crippen LogP contribution < -0.4 is 16.2 Å². The second-order valence-corrected chi connectivity index (χ2v) is 18.4. The Morgan fingerprint density at radius 1 is 0.762 bits per heavy atom. The van der Waals surface area contributed by atoms with Crippen molar-refractivity contribution >= 4 is 108 Å². The van der Waals surface area contributed by atoms with Crippen LogP contribution in [0, 0.1) is 6.92 Å². The Hall–Kier alpha value is -7.14. The number of nitrogens with one attached hydrogen (secondary N) is 3. The fourth-order valence-electron chi connectivity index (χ4n) is 5.79. The largest absolute Gasteiger partial charge is 0.505 e. The smallest absolute Gasteiger partial charge is 0.319 e. The summed E-state index contributed by atoms with van der Waals surface area (Å²) in [5, 5.41) is 41.7. The van der Waals surface area contributed by atoms with E-state index in [-0.39, 0.29) is 38.7 Å². The normalized spacial score (nSPS) is 12.6. The maximum atomic E-state index is 13.0. The molecule has 0 fully saturated rings. The van der Waals surface area contributed by atoms with Crippen molar-refractivity contribution in [1.29, 1.82) is 0 Å². The molecule has 0 aliphatic rings. The van der Waals surface area contributed by atoms with Gasteiger partial charge in [-0.1, -0.05) is 47.2 Å². The van der Waals surface area contributed by atoms with E-state index in [0.717, 1.165) is 51.9 Å². The fraction of sp³-hybridized carbons (Fsp3) is 0.0833. The first-order valence-corrected chi connectivity index (χ1v) is 23.0. The maximum Gasteiger partial charge on any atom is 0.319 e. The minimum atomic E-state index is -5.14. The molecule has 7 N–H and O–H groups in total. The van der Waals surface area contributed by atoms with Gasteiger partial charge in [0.15, 0.2) is 11.4 Å². The Morgan fingerprint density at radius 3 is 2.11 bits per heavy atom. The molecule has 0 atom stereocenters. The molecule has 324 valence electrons. The number of benzene rings is 5. The standard InChI is InChI=1S/C36H29N11O12S4/c1-19-6-8-20(9-7-19)47-34(49)29(18-38-47)45-42-25-13-10-21-22(33(25)63(57,58)59)11-12-24(32(21)48)41-44-28-16-26(39-35(50)37-14-15-61(51,52)53)27(17-31(28)62(54,55)56)43-46-36-40-23-4-2-3-5-30(23)60-36/h2-13,16-18,38,48H,14-15H2,1H3,(H2,37,39,50)(H,51,52,53)(H,54,55,56)(H,57,58,59). The molecule has 7 aromatic rings. The van der Waals surface area contributed by atoms with Gasteiger partial charge in [0.25, 0.3) is 35.9 Å². The predicted molar refractivity (Wildman–Crippen MR) is 228 cm³/mol. The number of aromatic nitrogens is 3. The second kappa shape index (κ2) is 17.3. The van der Waals surface area contributed by atoms with Crippen molar-refractivity contribution in [2.75, 3.05) is 17.6 Å². The molecule has 0 aliphatic heterocycles. The molecule has 2 amide bonds. The highest BCUT2D eigenvalue weighted by Gasteiger charge is 2.24. The van der Waals surface area contributed by atoms with Crippen molar-refractivity contribution < 1.29 is 48.8 Å². The first-order chi connectivity index (χ1) is 29.7. The lowest BCUT2D eigenvalue weighted by atomic mass is 10.1. The maximum absolute atomic E-state index is 13.0. The van der Waals surface area contributed by atoms with Gasteiger partial charge < -0.3 is 15.7 Å². The highest BCUT2D eigenvalue weighted by atomic mass is 32.2. The Morgan fingerprint density at radius 2 is 1.41 bits per heavy atom. The number of hydrogen-bond acceptors (Lipinski definition) is 17. The van der Waals surface area contributed by atoms with E-state index in [1.807, 2.05) is 6.92 Å². The number of nitrogens with zero attached hydrogens (tertiary/aromatic N) is 8. The molecule has 7 rings (SSSR count). The molecular formula is C36H29N11O12S4. The Labute approximate surface area is 358 Å². The van der Waals surface area contributed by atoms with Gasteiger partial charge in [0.05, 0.1) is 33.5 Å². The Balaban J connectivity index is 1.25. The van der Waals surface area contributed by atoms with Gasteiger partial charge in [-0.05, 0) is 61.5 Å². The van der Waals surface area contributed by atoms with Gasteiger partial charge in [0.2, 0.25) is 5.13 Å². The number of aryl methyl sites for hydroxylation is 1. The molecule has 0 spiro atoms. The number of urea groups is 1. The molecule has 2 heterocycles. The zero-order chi connectivity index (χ0) is 45.3. The van der Waals surface area contributed by atoms with Crippen molar-refractivity contribution in [1.82, 2.24) is 20.1 Å². The molecule has 0 saturated carbocycles. The van der Waals surface area contributed by atoms with Crippen LogP contribution in [0.5, 0.6) is 5.75 Å². The first-order valence-electron chi connectivity index (χ1n) is 17.7. The highest BCUT2D eigenvalue weighted by molar-refractivity contribution is 7.86. The molecule has 0 unspecified atom stereocenters. The van der Waals surface area contributed by atoms with Crippen LogP contribution in [0.15, 0.2) is 136 Å². The summed E-state index contributed by atoms with van der Waals surface area (Å²) in [7, 11) is -14.7. The number of hydrogen-bond donors (Lipinski definition) is 7. The highest BCUT2D eigenvalue weighted by Crippen LogP contribution is 2.43. The monoisotopic (exact) mass is 935 g/mol. The third-order valence-electron chi connectivity index (χ3n) is 8.69. The summed E-state index contributed by atoms with van der Waals surface area (Å²) in [6.45, 7) is 1.33. The number of aromatic amines is 1. The summed E-state index contributed by atoms with van der Waals surface area (Å²) in [6, 6.07) is 19.1. The molecule has 0 radical (unpaired) electrons. The third kappa shape index (κ3) is 10.2. The van der Waals surface area contributed by atoms with Crippen LogP contribution in [-0.4, -0.2) is 77.1 Å². The van der Waals surface area contributed by atoms with Crippen molar-refractivity contribution in [3.8, 4) is 11.4 Å². The lowest BCUT2D eigenvalue weighted by molar-refractivity contribution is 0.252. The topological polar surface area (TPSA) is 349 Å². The molecule has 0 aliphatic carbocycles. The summed E-state index contributed by atoms with van der Waals surface area (Å²) < 4.78 is 104. The number of amides is 2. The zero-order valence-corrected chi connectivity index (χ0v) is 35.1. The number of fused-ring (bicyclic) bond motifs is 2. The summed E-state index contributed by atoms with van der Waals surface area (Å²) in [5.41, 5.74) is -0.903. The molecule has 27 heteroatoms. The summed E-state index contributed by atoms with van der Waals surface area (Å²) in [4.78, 5) is 28.4. The summed E-state index contributed by atoms with van der Waals surface area (Å²) >= 11 is 1.13. The van der Waals surface area contributed by atoms with Crippen molar-refractivity contribution in [2.45, 2.75) is 16.7 Å². The zero-order valence-electron chi connectivity index (χ0n) is 31.8. The molecule has 0 saturated heterocycles. The molecule has 0 bridgehead atoms. The van der Waals surface area contributed by atoms with Gasteiger partial charge >= 0.3 is 6.03 Å². The third-order valence-corrected chi connectivity index (χ3v) is 12.2. The van der Waals surface area contributed by atoms with E-state index in [9.17, 15) is 49.1 Å². The van der Waals surface area contributed by atoms with Crippen LogP contribution in [0.2, 0.25) is 0 Å². The molecule has 63 heavy (non-hydrogen) atoms. The van der Waals surface area contributed by atoms with Crippen LogP contribution in [0.4, 0.5) is 44.1 Å². The SMILES string of the molecule is Cc1ccc(-n2[nH]cc(N=Nc3ccc4c(O)c(N=Nc5cc(NC(=O)NCCS(=O)(=O)O)c(N=Nc6nc7ccccc7s6)cc5S(=O)(=O)O)ccc4c3S(=O)(=O)O)c2=O)cc1. The second-order valence-electron chi connectivity index (χ2n) is 13.1. The van der Waals surface area contributed by atoms with Crippen LogP contribution in [0.1, 0.15) is 5.56 Å². The van der Waals surface area contributed by atoms with Gasteiger partial charge in [0.1, 0.15) is 32.5 Å². The molecule has 2 aromatic heterocycles. The average molecular weight is 936 g/mol. The van der Waals surface area contributed by atoms with Crippen molar-refractivity contribution in [3.05, 3.63) is 107 Å². The lowest BCUT2D eigenvalue weighted by Crippen LogP contribution is -2.32. The van der Waals surface area contributed by atoms with Gasteiger partial charge in [-0.3, -0.25) is 23.6 Å². The van der Waals surface area contributed by atoms with E-state index < -0.39 is 81.2 Å². The Bertz CT molecular complexity index is 3420. The van der Waals surface area contributed by atoms with E-state index in [2.05, 4.69) is 51.4 Å². The van der Waals surface area contributed by atoms with Crippen molar-refractivity contribution in [3.63, 3.8) is 0 Å². The molecule has 23 nitrogen and oxygen atoms in total. The van der Waals surface area contributed by atoms with E-state index >= 15 is 0 Å². The Kier molecular flexibility index (Phi) is 12.1. The summed E-state index contributed by atoms with van der Waals surface area (Å²) in [5.74, 6) is -1.56. The van der Waals surface area contributed by atoms with Crippen molar-refractivity contribution in [2.24, 2.45) is 30.7 Å². The molecular weight excluding hydrogens is 907 g/mol. The van der Waals surface area contributed by atoms with E-state index in [1.165, 1.54) is 16.9 Å². The number of H-pyrrole nitrogens is 1. The van der Waals surface area contributed by atoms with Gasteiger partial charge in [-0.2, -0.15) is 25.3 Å². The van der Waals surface area contributed by atoms with E-state index in [4.69, 9.17) is 4.55 Å². The lowest BCUT2D eigenvalue weighted by Gasteiger charge is -2.12. The van der Waals surface area contributed by atoms with Crippen LogP contribution >= 0.6 is 11.3 Å². The number of carbonyl (C=O) groups excluding carboxylic acids is 1. The number of phenols is 1. The van der Waals surface area contributed by atoms with Gasteiger partial charge in [0, 0.05) is 17.3 Å². The van der Waals surface area contributed by atoms with Gasteiger partial charge in [-0.15, -0.1) is 30.7 Å².